The molecular weight excluding hydrogens is 246 g/mol. The van der Waals surface area contributed by atoms with Gasteiger partial charge in [0.1, 0.15) is 0 Å². The van der Waals surface area contributed by atoms with Crippen molar-refractivity contribution >= 4 is 17.2 Å². The molecule has 6 heteroatoms. The number of nitro groups is 1. The molecule has 1 saturated heterocycles. The first-order chi connectivity index (χ1) is 8.99. The summed E-state index contributed by atoms with van der Waals surface area (Å²) in [6.07, 6.45) is 1.55. The molecule has 0 aromatic heterocycles. The van der Waals surface area contributed by atoms with E-state index in [2.05, 4.69) is 4.90 Å². The summed E-state index contributed by atoms with van der Waals surface area (Å²) in [6.45, 7) is 1.73. The molecule has 0 spiro atoms. The first-order valence-corrected chi connectivity index (χ1v) is 6.25. The van der Waals surface area contributed by atoms with Crippen LogP contribution in [0.4, 0.5) is 11.4 Å². The van der Waals surface area contributed by atoms with Gasteiger partial charge in [-0.2, -0.15) is 0 Å². The highest BCUT2D eigenvalue weighted by atomic mass is 16.6. The van der Waals surface area contributed by atoms with E-state index in [0.29, 0.717) is 5.69 Å². The molecule has 1 fully saturated rings. The van der Waals surface area contributed by atoms with Crippen LogP contribution in [0, 0.1) is 16.0 Å². The Morgan fingerprint density at radius 1 is 1.42 bits per heavy atom. The summed E-state index contributed by atoms with van der Waals surface area (Å²) in [5.41, 5.74) is 6.27. The Morgan fingerprint density at radius 2 is 2.05 bits per heavy atom. The fraction of sp³-hybridized carbons (Fsp3) is 0.462. The Balaban J connectivity index is 2.23. The van der Waals surface area contributed by atoms with Crippen molar-refractivity contribution in [1.29, 1.82) is 0 Å². The largest absolute Gasteiger partial charge is 0.398 e. The zero-order valence-corrected chi connectivity index (χ0v) is 10.8. The van der Waals surface area contributed by atoms with Gasteiger partial charge in [-0.05, 0) is 39.0 Å². The molecule has 0 saturated carbocycles. The standard InChI is InChI=1S/C13H17N3O3/c1-15-6-4-9(5-7-15)13(17)11-8-10(16(18)19)2-3-12(11)14/h2-3,8-9H,4-7,14H2,1H3. The van der Waals surface area contributed by atoms with Gasteiger partial charge in [0, 0.05) is 29.3 Å². The third kappa shape index (κ3) is 2.90. The van der Waals surface area contributed by atoms with Crippen LogP contribution < -0.4 is 5.73 Å². The second-order valence-corrected chi connectivity index (χ2v) is 4.97. The normalized spacial score (nSPS) is 17.3. The molecule has 0 amide bonds. The van der Waals surface area contributed by atoms with Crippen LogP contribution in [0.3, 0.4) is 0 Å². The Labute approximate surface area is 111 Å². The molecule has 2 rings (SSSR count). The van der Waals surface area contributed by atoms with Gasteiger partial charge in [-0.15, -0.1) is 0 Å². The van der Waals surface area contributed by atoms with Gasteiger partial charge in [-0.25, -0.2) is 0 Å². The van der Waals surface area contributed by atoms with E-state index in [4.69, 9.17) is 5.73 Å². The smallest absolute Gasteiger partial charge is 0.270 e. The summed E-state index contributed by atoms with van der Waals surface area (Å²) >= 11 is 0. The van der Waals surface area contributed by atoms with Crippen LogP contribution in [-0.2, 0) is 0 Å². The quantitative estimate of drug-likeness (QED) is 0.388. The number of likely N-dealkylation sites (tertiary alicyclic amines) is 1. The zero-order chi connectivity index (χ0) is 14.0. The number of ketones is 1. The molecule has 0 aliphatic carbocycles. The van der Waals surface area contributed by atoms with Crippen LogP contribution in [-0.4, -0.2) is 35.7 Å². The van der Waals surface area contributed by atoms with Crippen LogP contribution in [0.25, 0.3) is 0 Å². The maximum Gasteiger partial charge on any atom is 0.270 e. The lowest BCUT2D eigenvalue weighted by Gasteiger charge is -2.28. The summed E-state index contributed by atoms with van der Waals surface area (Å²) in [7, 11) is 2.02. The third-order valence-electron chi connectivity index (χ3n) is 3.60. The molecule has 102 valence electrons. The first kappa shape index (κ1) is 13.5. The second kappa shape index (κ2) is 5.36. The number of anilines is 1. The van der Waals surface area contributed by atoms with E-state index in [1.807, 2.05) is 7.05 Å². The highest BCUT2D eigenvalue weighted by Crippen LogP contribution is 2.26. The van der Waals surface area contributed by atoms with Gasteiger partial charge in [0.05, 0.1) is 4.92 Å². The number of non-ortho nitro benzene ring substituents is 1. The highest BCUT2D eigenvalue weighted by Gasteiger charge is 2.26. The average Bonchev–Trinajstić information content (AvgIpc) is 2.39. The van der Waals surface area contributed by atoms with E-state index in [9.17, 15) is 14.9 Å². The lowest BCUT2D eigenvalue weighted by molar-refractivity contribution is -0.384. The van der Waals surface area contributed by atoms with Crippen molar-refractivity contribution in [2.75, 3.05) is 25.9 Å². The molecule has 0 atom stereocenters. The minimum Gasteiger partial charge on any atom is -0.398 e. The number of piperidine rings is 1. The summed E-state index contributed by atoms with van der Waals surface area (Å²) in [4.78, 5) is 24.8. The van der Waals surface area contributed by atoms with Gasteiger partial charge in [0.15, 0.2) is 5.78 Å². The van der Waals surface area contributed by atoms with Gasteiger partial charge < -0.3 is 10.6 Å². The minimum absolute atomic E-state index is 0.0747. The number of hydrogen-bond acceptors (Lipinski definition) is 5. The predicted octanol–water partition coefficient (Wildman–Crippen LogP) is 1.70. The van der Waals surface area contributed by atoms with Gasteiger partial charge in [0.2, 0.25) is 0 Å². The number of hydrogen-bond donors (Lipinski definition) is 1. The Kier molecular flexibility index (Phi) is 3.80. The number of nitrogen functional groups attached to an aromatic ring is 1. The van der Waals surface area contributed by atoms with Crippen molar-refractivity contribution in [2.45, 2.75) is 12.8 Å². The molecule has 1 aromatic rings. The average molecular weight is 263 g/mol. The number of nitrogens with two attached hydrogens (primary N) is 1. The third-order valence-corrected chi connectivity index (χ3v) is 3.60. The molecule has 0 unspecified atom stereocenters. The summed E-state index contributed by atoms with van der Waals surface area (Å²) in [5.74, 6) is -0.158. The molecule has 0 radical (unpaired) electrons. The summed E-state index contributed by atoms with van der Waals surface area (Å²) < 4.78 is 0. The molecule has 1 aliphatic heterocycles. The summed E-state index contributed by atoms with van der Waals surface area (Å²) in [5, 5.41) is 10.8. The number of nitrogens with zero attached hydrogens (tertiary/aromatic N) is 2. The molecule has 1 aliphatic rings. The zero-order valence-electron chi connectivity index (χ0n) is 10.8. The number of rotatable bonds is 3. The topological polar surface area (TPSA) is 89.5 Å². The van der Waals surface area contributed by atoms with E-state index in [-0.39, 0.29) is 23.0 Å². The lowest BCUT2D eigenvalue weighted by Crippen LogP contribution is -2.33. The van der Waals surface area contributed by atoms with Crippen molar-refractivity contribution in [3.05, 3.63) is 33.9 Å². The number of Topliss-reactive ketones (excluding diaryl/α,β-unsaturated/α-hetero) is 1. The van der Waals surface area contributed by atoms with Crippen LogP contribution >= 0.6 is 0 Å². The Morgan fingerprint density at radius 3 is 2.63 bits per heavy atom. The number of carbonyl (C=O) groups is 1. The van der Waals surface area contributed by atoms with Gasteiger partial charge >= 0.3 is 0 Å². The van der Waals surface area contributed by atoms with E-state index < -0.39 is 4.92 Å². The number of benzene rings is 1. The van der Waals surface area contributed by atoms with E-state index in [0.717, 1.165) is 25.9 Å². The maximum atomic E-state index is 12.4. The van der Waals surface area contributed by atoms with Gasteiger partial charge in [0.25, 0.3) is 5.69 Å². The lowest BCUT2D eigenvalue weighted by atomic mass is 9.88. The second-order valence-electron chi connectivity index (χ2n) is 4.97. The number of nitro benzene ring substituents is 1. The van der Waals surface area contributed by atoms with Crippen LogP contribution in [0.2, 0.25) is 0 Å². The molecule has 1 heterocycles. The first-order valence-electron chi connectivity index (χ1n) is 6.25. The van der Waals surface area contributed by atoms with E-state index in [1.165, 1.54) is 18.2 Å². The van der Waals surface area contributed by atoms with E-state index >= 15 is 0 Å². The Hall–Kier alpha value is -1.95. The molecule has 6 nitrogen and oxygen atoms in total. The van der Waals surface area contributed by atoms with Gasteiger partial charge in [-0.3, -0.25) is 14.9 Å². The highest BCUT2D eigenvalue weighted by molar-refractivity contribution is 6.02. The predicted molar refractivity (Wildman–Crippen MR) is 72.1 cm³/mol. The maximum absolute atomic E-state index is 12.4. The fourth-order valence-corrected chi connectivity index (χ4v) is 2.36. The van der Waals surface area contributed by atoms with Crippen LogP contribution in [0.1, 0.15) is 23.2 Å². The number of carbonyl (C=O) groups excluding carboxylic acids is 1. The minimum atomic E-state index is -0.509. The molecule has 2 N–H and O–H groups in total. The van der Waals surface area contributed by atoms with Crippen LogP contribution in [0.5, 0.6) is 0 Å². The molecule has 0 bridgehead atoms. The molecule has 1 aromatic carbocycles. The van der Waals surface area contributed by atoms with Crippen molar-refractivity contribution in [1.82, 2.24) is 4.90 Å². The SMILES string of the molecule is CN1CCC(C(=O)c2cc([N+](=O)[O-])ccc2N)CC1. The summed E-state index contributed by atoms with van der Waals surface area (Å²) in [6, 6.07) is 4.04. The fourth-order valence-electron chi connectivity index (χ4n) is 2.36. The molecule has 19 heavy (non-hydrogen) atoms. The Bertz CT molecular complexity index is 508. The van der Waals surface area contributed by atoms with Gasteiger partial charge in [-0.1, -0.05) is 0 Å². The van der Waals surface area contributed by atoms with Crippen LogP contribution in [0.15, 0.2) is 18.2 Å². The van der Waals surface area contributed by atoms with Crippen molar-refractivity contribution < 1.29 is 9.72 Å². The van der Waals surface area contributed by atoms with Crippen molar-refractivity contribution in [2.24, 2.45) is 5.92 Å². The van der Waals surface area contributed by atoms with Crippen molar-refractivity contribution in [3.63, 3.8) is 0 Å². The van der Waals surface area contributed by atoms with E-state index in [1.54, 1.807) is 0 Å². The monoisotopic (exact) mass is 263 g/mol. The molecular formula is C13H17N3O3. The van der Waals surface area contributed by atoms with Crippen molar-refractivity contribution in [3.8, 4) is 0 Å².